The number of benzene rings is 1. The molecule has 0 aliphatic carbocycles. The van der Waals surface area contributed by atoms with Crippen molar-refractivity contribution >= 4 is 28.8 Å². The highest BCUT2D eigenvalue weighted by Gasteiger charge is 2.28. The molecule has 1 aromatic carbocycles. The third-order valence-electron chi connectivity index (χ3n) is 5.19. The highest BCUT2D eigenvalue weighted by molar-refractivity contribution is 7.09. The number of aryl methyl sites for hydroxylation is 1. The summed E-state index contributed by atoms with van der Waals surface area (Å²) >= 11 is 1.42. The number of hydrogen-bond acceptors (Lipinski definition) is 5. The highest BCUT2D eigenvalue weighted by Crippen LogP contribution is 2.34. The number of carbonyl (C=O) groups excluding carboxylic acids is 2. The van der Waals surface area contributed by atoms with E-state index in [9.17, 15) is 9.59 Å². The molecule has 1 saturated heterocycles. The number of rotatable bonds is 3. The molecule has 7 heteroatoms. The first-order valence-corrected chi connectivity index (χ1v) is 10.2. The number of hydrogen-bond donors (Lipinski definition) is 0. The van der Waals surface area contributed by atoms with Crippen molar-refractivity contribution in [3.8, 4) is 5.75 Å². The molecule has 0 radical (unpaired) electrons. The van der Waals surface area contributed by atoms with Crippen molar-refractivity contribution in [2.24, 2.45) is 5.92 Å². The summed E-state index contributed by atoms with van der Waals surface area (Å²) in [6, 6.07) is 5.80. The van der Waals surface area contributed by atoms with Gasteiger partial charge in [-0.05, 0) is 43.4 Å². The van der Waals surface area contributed by atoms with Gasteiger partial charge in [0.05, 0.1) is 12.2 Å². The topological polar surface area (TPSA) is 62.7 Å². The molecule has 0 unspecified atom stereocenters. The van der Waals surface area contributed by atoms with Gasteiger partial charge in [-0.15, -0.1) is 11.3 Å². The molecule has 4 rings (SSSR count). The zero-order chi connectivity index (χ0) is 19.0. The fraction of sp³-hybridized carbons (Fsp3) is 0.450. The second kappa shape index (κ2) is 7.31. The Kier molecular flexibility index (Phi) is 4.86. The van der Waals surface area contributed by atoms with Crippen molar-refractivity contribution in [3.63, 3.8) is 0 Å². The molecule has 2 amide bonds. The Morgan fingerprint density at radius 1 is 1.33 bits per heavy atom. The van der Waals surface area contributed by atoms with Crippen LogP contribution >= 0.6 is 11.3 Å². The molecule has 0 spiro atoms. The molecule has 2 aliphatic rings. The van der Waals surface area contributed by atoms with Crippen LogP contribution in [0.3, 0.4) is 0 Å². The minimum Gasteiger partial charge on any atom is -0.482 e. The number of aromatic nitrogens is 1. The largest absolute Gasteiger partial charge is 0.482 e. The van der Waals surface area contributed by atoms with Crippen LogP contribution in [0.5, 0.6) is 5.75 Å². The molecule has 2 aromatic rings. The van der Waals surface area contributed by atoms with Crippen molar-refractivity contribution < 1.29 is 14.3 Å². The van der Waals surface area contributed by atoms with Gasteiger partial charge < -0.3 is 9.64 Å². The number of amides is 2. The Morgan fingerprint density at radius 2 is 2.11 bits per heavy atom. The van der Waals surface area contributed by atoms with E-state index < -0.39 is 0 Å². The summed E-state index contributed by atoms with van der Waals surface area (Å²) in [5.74, 6) is 1.28. The molecular formula is C20H23N3O3S. The third kappa shape index (κ3) is 3.69. The zero-order valence-electron chi connectivity index (χ0n) is 15.6. The fourth-order valence-electron chi connectivity index (χ4n) is 3.48. The van der Waals surface area contributed by atoms with Crippen LogP contribution in [0.25, 0.3) is 0 Å². The maximum Gasteiger partial charge on any atom is 0.273 e. The molecule has 6 nitrogen and oxygen atoms in total. The van der Waals surface area contributed by atoms with Crippen LogP contribution < -0.4 is 9.64 Å². The summed E-state index contributed by atoms with van der Waals surface area (Å²) in [7, 11) is 0. The lowest BCUT2D eigenvalue weighted by Crippen LogP contribution is -2.39. The number of carbonyl (C=O) groups is 2. The minimum atomic E-state index is -0.0961. The maximum atomic E-state index is 12.7. The normalized spacial score (nSPS) is 17.6. The fourth-order valence-corrected chi connectivity index (χ4v) is 4.23. The molecule has 2 aliphatic heterocycles. The average molecular weight is 385 g/mol. The zero-order valence-corrected chi connectivity index (χ0v) is 16.4. The van der Waals surface area contributed by atoms with E-state index in [4.69, 9.17) is 4.74 Å². The van der Waals surface area contributed by atoms with Crippen LogP contribution in [-0.4, -0.2) is 41.4 Å². The van der Waals surface area contributed by atoms with Gasteiger partial charge in [-0.25, -0.2) is 4.98 Å². The molecular weight excluding hydrogens is 362 g/mol. The molecule has 0 saturated carbocycles. The number of thiazole rings is 1. The van der Waals surface area contributed by atoms with E-state index in [2.05, 4.69) is 11.9 Å². The van der Waals surface area contributed by atoms with Crippen molar-refractivity contribution in [2.45, 2.75) is 33.2 Å². The Labute approximate surface area is 162 Å². The molecule has 0 atom stereocenters. The predicted molar refractivity (Wildman–Crippen MR) is 104 cm³/mol. The molecule has 0 bridgehead atoms. The first-order valence-electron chi connectivity index (χ1n) is 9.29. The molecule has 0 N–H and O–H groups in total. The quantitative estimate of drug-likeness (QED) is 0.814. The van der Waals surface area contributed by atoms with Crippen molar-refractivity contribution in [3.05, 3.63) is 39.8 Å². The van der Waals surface area contributed by atoms with E-state index in [1.165, 1.54) is 11.3 Å². The van der Waals surface area contributed by atoms with E-state index in [0.29, 0.717) is 23.9 Å². The maximum absolute atomic E-state index is 12.7. The lowest BCUT2D eigenvalue weighted by Gasteiger charge is -2.29. The van der Waals surface area contributed by atoms with Gasteiger partial charge in [0.2, 0.25) is 0 Å². The number of anilines is 1. The van der Waals surface area contributed by atoms with Gasteiger partial charge in [-0.3, -0.25) is 14.5 Å². The number of nitrogens with zero attached hydrogens (tertiary/aromatic N) is 3. The number of fused-ring (bicyclic) bond motifs is 1. The van der Waals surface area contributed by atoms with Crippen LogP contribution in [0.1, 0.15) is 40.8 Å². The van der Waals surface area contributed by atoms with Crippen molar-refractivity contribution in [1.82, 2.24) is 9.88 Å². The van der Waals surface area contributed by atoms with Gasteiger partial charge in [0.1, 0.15) is 16.5 Å². The first kappa shape index (κ1) is 18.0. The van der Waals surface area contributed by atoms with Gasteiger partial charge in [0, 0.05) is 18.5 Å². The van der Waals surface area contributed by atoms with Gasteiger partial charge in [-0.2, -0.15) is 0 Å². The second-order valence-corrected chi connectivity index (χ2v) is 8.28. The lowest BCUT2D eigenvalue weighted by atomic mass is 9.99. The summed E-state index contributed by atoms with van der Waals surface area (Å²) < 4.78 is 5.52. The smallest absolute Gasteiger partial charge is 0.273 e. The Bertz CT molecular complexity index is 871. The molecule has 3 heterocycles. The number of piperidine rings is 1. The summed E-state index contributed by atoms with van der Waals surface area (Å²) in [6.07, 6.45) is 2.09. The Hall–Kier alpha value is -2.41. The summed E-state index contributed by atoms with van der Waals surface area (Å²) in [6.45, 7) is 6.18. The second-order valence-electron chi connectivity index (χ2n) is 7.34. The highest BCUT2D eigenvalue weighted by atomic mass is 32.1. The van der Waals surface area contributed by atoms with Crippen LogP contribution in [0.2, 0.25) is 0 Å². The summed E-state index contributed by atoms with van der Waals surface area (Å²) in [5.41, 5.74) is 2.31. The van der Waals surface area contributed by atoms with E-state index in [1.54, 1.807) is 10.3 Å². The van der Waals surface area contributed by atoms with Gasteiger partial charge in [0.15, 0.2) is 6.61 Å². The molecule has 1 fully saturated rings. The van der Waals surface area contributed by atoms with Crippen LogP contribution in [0.15, 0.2) is 23.6 Å². The van der Waals surface area contributed by atoms with E-state index >= 15 is 0 Å². The Morgan fingerprint density at radius 3 is 2.89 bits per heavy atom. The van der Waals surface area contributed by atoms with Gasteiger partial charge in [0.25, 0.3) is 11.8 Å². The van der Waals surface area contributed by atoms with Crippen LogP contribution in [0, 0.1) is 12.8 Å². The molecule has 27 heavy (non-hydrogen) atoms. The molecule has 142 valence electrons. The minimum absolute atomic E-state index is 0.00560. The summed E-state index contributed by atoms with van der Waals surface area (Å²) in [5, 5.41) is 2.56. The van der Waals surface area contributed by atoms with Crippen molar-refractivity contribution in [2.75, 3.05) is 24.6 Å². The predicted octanol–water partition coefficient (Wildman–Crippen LogP) is 3.25. The summed E-state index contributed by atoms with van der Waals surface area (Å²) in [4.78, 5) is 33.2. The number of ether oxygens (including phenoxy) is 1. The van der Waals surface area contributed by atoms with E-state index in [-0.39, 0.29) is 18.4 Å². The SMILES string of the molecule is Cc1ccc2c(c1)N(Cc1nc(C(=O)N3CCC(C)CC3)cs1)C(=O)CO2. The molecule has 1 aromatic heterocycles. The monoisotopic (exact) mass is 385 g/mol. The lowest BCUT2D eigenvalue weighted by molar-refractivity contribution is -0.121. The van der Waals surface area contributed by atoms with Crippen molar-refractivity contribution in [1.29, 1.82) is 0 Å². The third-order valence-corrected chi connectivity index (χ3v) is 6.03. The first-order chi connectivity index (χ1) is 13.0. The number of likely N-dealkylation sites (tertiary alicyclic amines) is 1. The average Bonchev–Trinajstić information content (AvgIpc) is 3.13. The van der Waals surface area contributed by atoms with Gasteiger partial charge >= 0.3 is 0 Å². The Balaban J connectivity index is 1.51. The van der Waals surface area contributed by atoms with E-state index in [0.717, 1.165) is 42.2 Å². The standard InChI is InChI=1S/C20H23N3O3S/c1-13-5-7-22(8-6-13)20(25)15-12-27-18(21-15)10-23-16-9-14(2)3-4-17(16)26-11-19(23)24/h3-4,9,12-13H,5-8,10-11H2,1-2H3. The van der Waals surface area contributed by atoms with Crippen LogP contribution in [-0.2, 0) is 11.3 Å². The van der Waals surface area contributed by atoms with Crippen LogP contribution in [0.4, 0.5) is 5.69 Å². The van der Waals surface area contributed by atoms with Gasteiger partial charge in [-0.1, -0.05) is 13.0 Å². The van der Waals surface area contributed by atoms with E-state index in [1.807, 2.05) is 30.0 Å².